The van der Waals surface area contributed by atoms with Crippen LogP contribution in [0.2, 0.25) is 0 Å². The van der Waals surface area contributed by atoms with E-state index in [-0.39, 0.29) is 0 Å². The molecule has 0 amide bonds. The summed E-state index contributed by atoms with van der Waals surface area (Å²) in [6.07, 6.45) is 6.94. The van der Waals surface area contributed by atoms with Gasteiger partial charge in [-0.3, -0.25) is 0 Å². The minimum Gasteiger partial charge on any atom is -0.462 e. The summed E-state index contributed by atoms with van der Waals surface area (Å²) in [5.41, 5.74) is 2.40. The van der Waals surface area contributed by atoms with Crippen LogP contribution in [0, 0.1) is 0 Å². The second-order valence-electron chi connectivity index (χ2n) is 3.36. The van der Waals surface area contributed by atoms with Gasteiger partial charge >= 0.3 is 0 Å². The van der Waals surface area contributed by atoms with Crippen LogP contribution in [0.4, 0.5) is 0 Å². The molecule has 1 rings (SSSR count). The molecule has 0 saturated carbocycles. The Morgan fingerprint density at radius 2 is 2.23 bits per heavy atom. The third-order valence-electron chi connectivity index (χ3n) is 2.07. The lowest BCUT2D eigenvalue weighted by molar-refractivity contribution is 0.307. The molecule has 0 unspecified atom stereocenters. The van der Waals surface area contributed by atoms with E-state index in [1.807, 2.05) is 26.0 Å². The molecule has 0 radical (unpaired) electrons. The summed E-state index contributed by atoms with van der Waals surface area (Å²) >= 11 is 0. The second-order valence-corrected chi connectivity index (χ2v) is 3.36. The summed E-state index contributed by atoms with van der Waals surface area (Å²) in [6.45, 7) is 9.79. The summed E-state index contributed by atoms with van der Waals surface area (Å²) in [5, 5.41) is 0. The Morgan fingerprint density at radius 3 is 2.85 bits per heavy atom. The Hall–Kier alpha value is -1.24. The van der Waals surface area contributed by atoms with Crippen LogP contribution in [0.25, 0.3) is 0 Å². The van der Waals surface area contributed by atoms with Gasteiger partial charge in [-0.25, -0.2) is 0 Å². The number of allylic oxidation sites excluding steroid dienone is 6. The van der Waals surface area contributed by atoms with Crippen LogP contribution in [0.3, 0.4) is 0 Å². The van der Waals surface area contributed by atoms with E-state index in [2.05, 4.69) is 19.6 Å². The van der Waals surface area contributed by atoms with Gasteiger partial charge < -0.3 is 4.74 Å². The molecule has 0 aromatic carbocycles. The van der Waals surface area contributed by atoms with Crippen molar-refractivity contribution < 1.29 is 4.74 Å². The van der Waals surface area contributed by atoms with E-state index in [0.717, 1.165) is 23.5 Å². The third-order valence-corrected chi connectivity index (χ3v) is 2.07. The summed E-state index contributed by atoms with van der Waals surface area (Å²) in [4.78, 5) is 0. The van der Waals surface area contributed by atoms with Gasteiger partial charge in [0.1, 0.15) is 5.76 Å². The zero-order chi connectivity index (χ0) is 9.84. The molecule has 1 heterocycles. The zero-order valence-electron chi connectivity index (χ0n) is 8.55. The lowest BCUT2D eigenvalue weighted by Gasteiger charge is -2.15. The van der Waals surface area contributed by atoms with Gasteiger partial charge in [-0.2, -0.15) is 0 Å². The first kappa shape index (κ1) is 9.85. The van der Waals surface area contributed by atoms with E-state index in [1.165, 1.54) is 5.57 Å². The molecule has 0 aromatic rings. The van der Waals surface area contributed by atoms with Crippen molar-refractivity contribution in [3.05, 3.63) is 47.5 Å². The Morgan fingerprint density at radius 1 is 1.54 bits per heavy atom. The largest absolute Gasteiger partial charge is 0.462 e. The standard InChI is InChI=1S/C12H16O/c1-5-9(2)8-12-10(3)6-7-11(4)13-12/h5,7-8H,1,6H2,2-4H3/b9-8-. The number of hydrogen-bond acceptors (Lipinski definition) is 1. The predicted molar refractivity (Wildman–Crippen MR) is 56.1 cm³/mol. The van der Waals surface area contributed by atoms with Gasteiger partial charge in [-0.15, -0.1) is 0 Å². The van der Waals surface area contributed by atoms with Crippen molar-refractivity contribution in [1.82, 2.24) is 0 Å². The van der Waals surface area contributed by atoms with E-state index in [0.29, 0.717) is 0 Å². The van der Waals surface area contributed by atoms with Crippen LogP contribution < -0.4 is 0 Å². The van der Waals surface area contributed by atoms with Crippen molar-refractivity contribution >= 4 is 0 Å². The molecule has 0 bridgehead atoms. The van der Waals surface area contributed by atoms with Gasteiger partial charge in [-0.1, -0.05) is 12.7 Å². The van der Waals surface area contributed by atoms with Crippen molar-refractivity contribution in [3.8, 4) is 0 Å². The molecule has 1 aliphatic heterocycles. The van der Waals surface area contributed by atoms with Gasteiger partial charge in [0, 0.05) is 0 Å². The first-order valence-corrected chi connectivity index (χ1v) is 4.48. The molecule has 0 N–H and O–H groups in total. The minimum atomic E-state index is 0.970. The van der Waals surface area contributed by atoms with Crippen LogP contribution in [-0.4, -0.2) is 0 Å². The van der Waals surface area contributed by atoms with E-state index in [1.54, 1.807) is 0 Å². The molecule has 1 nitrogen and oxygen atoms in total. The van der Waals surface area contributed by atoms with Crippen molar-refractivity contribution in [2.45, 2.75) is 27.2 Å². The molecule has 1 aliphatic rings. The van der Waals surface area contributed by atoms with Crippen molar-refractivity contribution in [1.29, 1.82) is 0 Å². The Balaban J connectivity index is 2.85. The molecule has 0 fully saturated rings. The average Bonchev–Trinajstić information content (AvgIpc) is 2.11. The maximum atomic E-state index is 5.59. The fraction of sp³-hybridized carbons (Fsp3) is 0.333. The van der Waals surface area contributed by atoms with Crippen molar-refractivity contribution in [3.63, 3.8) is 0 Å². The topological polar surface area (TPSA) is 9.23 Å². The van der Waals surface area contributed by atoms with Gasteiger partial charge in [0.2, 0.25) is 0 Å². The zero-order valence-corrected chi connectivity index (χ0v) is 8.55. The highest BCUT2D eigenvalue weighted by molar-refractivity contribution is 5.31. The molecule has 0 saturated heterocycles. The van der Waals surface area contributed by atoms with Crippen LogP contribution in [0.5, 0.6) is 0 Å². The normalized spacial score (nSPS) is 18.1. The third kappa shape index (κ3) is 2.62. The minimum absolute atomic E-state index is 0.970. The molecular formula is C12H16O. The molecule has 1 heteroatoms. The first-order chi connectivity index (χ1) is 6.13. The summed E-state index contributed by atoms with van der Waals surface area (Å²) < 4.78 is 5.59. The Labute approximate surface area is 80.1 Å². The first-order valence-electron chi connectivity index (χ1n) is 4.48. The van der Waals surface area contributed by atoms with E-state index in [9.17, 15) is 0 Å². The van der Waals surface area contributed by atoms with Gasteiger partial charge in [0.05, 0.1) is 5.76 Å². The molecule has 0 spiro atoms. The highest BCUT2D eigenvalue weighted by Crippen LogP contribution is 2.22. The molecule has 13 heavy (non-hydrogen) atoms. The van der Waals surface area contributed by atoms with E-state index < -0.39 is 0 Å². The maximum absolute atomic E-state index is 5.59. The van der Waals surface area contributed by atoms with Crippen LogP contribution in [-0.2, 0) is 4.74 Å². The summed E-state index contributed by atoms with van der Waals surface area (Å²) in [5.74, 6) is 1.95. The summed E-state index contributed by atoms with van der Waals surface area (Å²) in [6, 6.07) is 0. The highest BCUT2D eigenvalue weighted by Gasteiger charge is 2.07. The maximum Gasteiger partial charge on any atom is 0.126 e. The fourth-order valence-electron chi connectivity index (χ4n) is 1.12. The molecule has 70 valence electrons. The fourth-order valence-corrected chi connectivity index (χ4v) is 1.12. The number of rotatable bonds is 2. The van der Waals surface area contributed by atoms with Crippen LogP contribution >= 0.6 is 0 Å². The van der Waals surface area contributed by atoms with Crippen LogP contribution in [0.15, 0.2) is 47.5 Å². The predicted octanol–water partition coefficient (Wildman–Crippen LogP) is 3.72. The Kier molecular flexibility index (Phi) is 3.13. The smallest absolute Gasteiger partial charge is 0.126 e. The molecular weight excluding hydrogens is 160 g/mol. The summed E-state index contributed by atoms with van der Waals surface area (Å²) in [7, 11) is 0. The van der Waals surface area contributed by atoms with Gasteiger partial charge in [0.25, 0.3) is 0 Å². The monoisotopic (exact) mass is 176 g/mol. The highest BCUT2D eigenvalue weighted by atomic mass is 16.5. The molecule has 0 aliphatic carbocycles. The molecule has 0 aromatic heterocycles. The lowest BCUT2D eigenvalue weighted by atomic mass is 10.1. The van der Waals surface area contributed by atoms with E-state index >= 15 is 0 Å². The average molecular weight is 176 g/mol. The molecule has 0 atom stereocenters. The number of hydrogen-bond donors (Lipinski definition) is 0. The van der Waals surface area contributed by atoms with Crippen molar-refractivity contribution in [2.24, 2.45) is 0 Å². The SMILES string of the molecule is C=C/C(C)=C\C1=C(C)CC=C(C)O1. The quantitative estimate of drug-likeness (QED) is 0.583. The second kappa shape index (κ2) is 4.13. The number of ether oxygens (including phenoxy) is 1. The lowest BCUT2D eigenvalue weighted by Crippen LogP contribution is -1.98. The van der Waals surface area contributed by atoms with Crippen molar-refractivity contribution in [2.75, 3.05) is 0 Å². The van der Waals surface area contributed by atoms with E-state index in [4.69, 9.17) is 4.74 Å². The van der Waals surface area contributed by atoms with Crippen LogP contribution in [0.1, 0.15) is 27.2 Å². The van der Waals surface area contributed by atoms with Gasteiger partial charge in [0.15, 0.2) is 0 Å². The van der Waals surface area contributed by atoms with Gasteiger partial charge in [-0.05, 0) is 50.5 Å². The Bertz CT molecular complexity index is 303.